The summed E-state index contributed by atoms with van der Waals surface area (Å²) in [6.07, 6.45) is 0. The van der Waals surface area contributed by atoms with Crippen molar-refractivity contribution in [3.05, 3.63) is 40.6 Å². The lowest BCUT2D eigenvalue weighted by Crippen LogP contribution is -2.26. The van der Waals surface area contributed by atoms with Crippen LogP contribution < -0.4 is 9.04 Å². The average Bonchev–Trinajstić information content (AvgIpc) is 2.95. The monoisotopic (exact) mass is 331 g/mol. The van der Waals surface area contributed by atoms with Gasteiger partial charge in [-0.2, -0.15) is 0 Å². The zero-order valence-corrected chi connectivity index (χ0v) is 13.4. The minimum absolute atomic E-state index is 0.179. The van der Waals surface area contributed by atoms with Crippen LogP contribution in [0.4, 0.5) is 5.69 Å². The molecule has 1 aromatic carbocycles. The van der Waals surface area contributed by atoms with Crippen molar-refractivity contribution in [2.75, 3.05) is 18.5 Å². The number of hydrogen-bond acceptors (Lipinski definition) is 4. The van der Waals surface area contributed by atoms with Crippen LogP contribution in [-0.4, -0.2) is 22.6 Å². The van der Waals surface area contributed by atoms with Crippen molar-refractivity contribution in [2.45, 2.75) is 10.8 Å². The van der Waals surface area contributed by atoms with E-state index in [2.05, 4.69) is 0 Å². The number of sulfonamides is 1. The second-order valence-corrected chi connectivity index (χ2v) is 7.22. The van der Waals surface area contributed by atoms with Crippen LogP contribution in [-0.2, 0) is 15.9 Å². The Balaban J connectivity index is 2.43. The van der Waals surface area contributed by atoms with Gasteiger partial charge in [-0.3, -0.25) is 4.31 Å². The van der Waals surface area contributed by atoms with E-state index < -0.39 is 10.0 Å². The van der Waals surface area contributed by atoms with Crippen molar-refractivity contribution >= 4 is 38.6 Å². The number of alkyl halides is 1. The molecule has 0 fully saturated rings. The molecule has 4 nitrogen and oxygen atoms in total. The molecule has 0 unspecified atom stereocenters. The summed E-state index contributed by atoms with van der Waals surface area (Å²) in [6.45, 7) is 0. The Labute approximate surface area is 127 Å². The molecule has 0 saturated carbocycles. The fraction of sp³-hybridized carbons (Fsp3) is 0.231. The first-order chi connectivity index (χ1) is 9.50. The van der Waals surface area contributed by atoms with E-state index in [9.17, 15) is 8.42 Å². The van der Waals surface area contributed by atoms with Gasteiger partial charge in [-0.05, 0) is 23.6 Å². The van der Waals surface area contributed by atoms with Crippen LogP contribution in [0.3, 0.4) is 0 Å². The SMILES string of the molecule is COc1cccc(N(C)S(=O)(=O)c2ccsc2CCl)c1. The molecule has 108 valence electrons. The predicted octanol–water partition coefficient (Wildman–Crippen LogP) is 3.32. The lowest BCUT2D eigenvalue weighted by molar-refractivity contribution is 0.415. The fourth-order valence-electron chi connectivity index (χ4n) is 1.75. The molecule has 7 heteroatoms. The summed E-state index contributed by atoms with van der Waals surface area (Å²) < 4.78 is 31.6. The lowest BCUT2D eigenvalue weighted by Gasteiger charge is -2.20. The topological polar surface area (TPSA) is 46.6 Å². The maximum atomic E-state index is 12.6. The van der Waals surface area contributed by atoms with E-state index >= 15 is 0 Å². The number of anilines is 1. The molecule has 0 radical (unpaired) electrons. The normalized spacial score (nSPS) is 11.3. The molecular weight excluding hydrogens is 318 g/mol. The van der Waals surface area contributed by atoms with Gasteiger partial charge in [-0.15, -0.1) is 22.9 Å². The number of nitrogens with zero attached hydrogens (tertiary/aromatic N) is 1. The van der Waals surface area contributed by atoms with Gasteiger partial charge in [0.1, 0.15) is 10.6 Å². The molecular formula is C13H14ClNO3S2. The Morgan fingerprint density at radius 3 is 2.75 bits per heavy atom. The fourth-order valence-corrected chi connectivity index (χ4v) is 4.61. The highest BCUT2D eigenvalue weighted by atomic mass is 35.5. The van der Waals surface area contributed by atoms with Gasteiger partial charge in [0.05, 0.1) is 18.7 Å². The zero-order chi connectivity index (χ0) is 14.8. The Bertz CT molecular complexity index is 697. The summed E-state index contributed by atoms with van der Waals surface area (Å²) in [5, 5.41) is 1.73. The smallest absolute Gasteiger partial charge is 0.265 e. The minimum atomic E-state index is -3.61. The summed E-state index contributed by atoms with van der Waals surface area (Å²) in [6, 6.07) is 8.47. The number of rotatable bonds is 5. The molecule has 0 amide bonds. The van der Waals surface area contributed by atoms with E-state index in [1.54, 1.807) is 35.7 Å². The summed E-state index contributed by atoms with van der Waals surface area (Å²) in [5.74, 6) is 0.783. The molecule has 1 heterocycles. The third-order valence-corrected chi connectivity index (χ3v) is 6.23. The number of hydrogen-bond donors (Lipinski definition) is 0. The summed E-state index contributed by atoms with van der Waals surface area (Å²) in [4.78, 5) is 0.893. The molecule has 0 aliphatic heterocycles. The van der Waals surface area contributed by atoms with Crippen molar-refractivity contribution < 1.29 is 13.2 Å². The first kappa shape index (κ1) is 15.2. The van der Waals surface area contributed by atoms with Gasteiger partial charge in [0.2, 0.25) is 0 Å². The van der Waals surface area contributed by atoms with Crippen molar-refractivity contribution in [3.63, 3.8) is 0 Å². The maximum Gasteiger partial charge on any atom is 0.265 e. The highest BCUT2D eigenvalue weighted by molar-refractivity contribution is 7.93. The number of halogens is 1. The Morgan fingerprint density at radius 2 is 2.10 bits per heavy atom. The summed E-state index contributed by atoms with van der Waals surface area (Å²) >= 11 is 7.12. The molecule has 0 aliphatic carbocycles. The molecule has 2 rings (SSSR count). The highest BCUT2D eigenvalue weighted by Crippen LogP contribution is 2.30. The second-order valence-electron chi connectivity index (χ2n) is 4.02. The largest absolute Gasteiger partial charge is 0.497 e. The number of methoxy groups -OCH3 is 1. The van der Waals surface area contributed by atoms with E-state index in [-0.39, 0.29) is 10.8 Å². The Morgan fingerprint density at radius 1 is 1.35 bits per heavy atom. The van der Waals surface area contributed by atoms with Crippen LogP contribution in [0.1, 0.15) is 4.88 Å². The van der Waals surface area contributed by atoms with Gasteiger partial charge in [-0.25, -0.2) is 8.42 Å². The lowest BCUT2D eigenvalue weighted by atomic mass is 10.3. The third kappa shape index (κ3) is 2.77. The maximum absolute atomic E-state index is 12.6. The molecule has 2 aromatic rings. The van der Waals surface area contributed by atoms with Gasteiger partial charge >= 0.3 is 0 Å². The van der Waals surface area contributed by atoms with E-state index in [4.69, 9.17) is 16.3 Å². The van der Waals surface area contributed by atoms with Crippen molar-refractivity contribution in [1.82, 2.24) is 0 Å². The number of ether oxygens (including phenoxy) is 1. The molecule has 0 spiro atoms. The molecule has 0 bridgehead atoms. The van der Waals surface area contributed by atoms with Crippen LogP contribution in [0.5, 0.6) is 5.75 Å². The molecule has 20 heavy (non-hydrogen) atoms. The standard InChI is InChI=1S/C13H14ClNO3S2/c1-15(10-4-3-5-11(8-10)18-2)20(16,17)13-6-7-19-12(13)9-14/h3-8H,9H2,1-2H3. The van der Waals surface area contributed by atoms with Crippen LogP contribution in [0, 0.1) is 0 Å². The van der Waals surface area contributed by atoms with Gasteiger partial charge in [-0.1, -0.05) is 6.07 Å². The quantitative estimate of drug-likeness (QED) is 0.790. The van der Waals surface area contributed by atoms with Crippen LogP contribution in [0.2, 0.25) is 0 Å². The van der Waals surface area contributed by atoms with E-state index in [0.717, 1.165) is 0 Å². The Kier molecular flexibility index (Phi) is 4.57. The predicted molar refractivity (Wildman–Crippen MR) is 82.5 cm³/mol. The zero-order valence-electron chi connectivity index (χ0n) is 11.0. The second kappa shape index (κ2) is 6.03. The van der Waals surface area contributed by atoms with Gasteiger partial charge < -0.3 is 4.74 Å². The Hall–Kier alpha value is -1.24. The van der Waals surface area contributed by atoms with E-state index in [1.165, 1.54) is 29.8 Å². The average molecular weight is 332 g/mol. The summed E-state index contributed by atoms with van der Waals surface area (Å²) in [5.41, 5.74) is 0.538. The van der Waals surface area contributed by atoms with Crippen molar-refractivity contribution in [2.24, 2.45) is 0 Å². The minimum Gasteiger partial charge on any atom is -0.497 e. The number of thiophene rings is 1. The highest BCUT2D eigenvalue weighted by Gasteiger charge is 2.25. The van der Waals surface area contributed by atoms with Gasteiger partial charge in [0, 0.05) is 18.0 Å². The van der Waals surface area contributed by atoms with E-state index in [0.29, 0.717) is 16.3 Å². The number of benzene rings is 1. The van der Waals surface area contributed by atoms with Crippen LogP contribution in [0.25, 0.3) is 0 Å². The summed E-state index contributed by atoms with van der Waals surface area (Å²) in [7, 11) is -0.559. The molecule has 1 aromatic heterocycles. The first-order valence-corrected chi connectivity index (χ1v) is 8.61. The first-order valence-electron chi connectivity index (χ1n) is 5.76. The van der Waals surface area contributed by atoms with Crippen LogP contribution in [0.15, 0.2) is 40.6 Å². The van der Waals surface area contributed by atoms with E-state index in [1.807, 2.05) is 0 Å². The van der Waals surface area contributed by atoms with Crippen molar-refractivity contribution in [1.29, 1.82) is 0 Å². The molecule has 0 saturated heterocycles. The molecule has 0 aliphatic rings. The van der Waals surface area contributed by atoms with Gasteiger partial charge in [0.25, 0.3) is 10.0 Å². The third-order valence-electron chi connectivity index (χ3n) is 2.88. The molecule has 0 atom stereocenters. The van der Waals surface area contributed by atoms with Crippen molar-refractivity contribution in [3.8, 4) is 5.75 Å². The molecule has 0 N–H and O–H groups in total. The van der Waals surface area contributed by atoms with Crippen LogP contribution >= 0.6 is 22.9 Å². The van der Waals surface area contributed by atoms with Gasteiger partial charge in [0.15, 0.2) is 0 Å².